The highest BCUT2D eigenvalue weighted by Crippen LogP contribution is 2.20. The summed E-state index contributed by atoms with van der Waals surface area (Å²) in [5.41, 5.74) is 13.1. The van der Waals surface area contributed by atoms with Gasteiger partial charge < -0.3 is 22.4 Å². The molecule has 0 bridgehead atoms. The average Bonchev–Trinajstić information content (AvgIpc) is 2.31. The Morgan fingerprint density at radius 3 is 2.65 bits per heavy atom. The molecule has 10 N–H and O–H groups in total. The Balaban J connectivity index is 2.80. The molecule has 0 aliphatic heterocycles. The third-order valence-corrected chi connectivity index (χ3v) is 1.89. The van der Waals surface area contributed by atoms with Gasteiger partial charge in [0.15, 0.2) is 0 Å². The summed E-state index contributed by atoms with van der Waals surface area (Å²) in [6.07, 6.45) is 0. The number of anilines is 1. The number of nitrogens with two attached hydrogens (primary N) is 4. The zero-order chi connectivity index (χ0) is 13.0. The van der Waals surface area contributed by atoms with E-state index in [1.807, 2.05) is 0 Å². The molecule has 0 aliphatic carbocycles. The lowest BCUT2D eigenvalue weighted by Crippen LogP contribution is -2.54. The number of hydrogen-bond acceptors (Lipinski definition) is 6. The zero-order valence-electron chi connectivity index (χ0n) is 8.79. The number of benzene rings is 1. The molecule has 0 fully saturated rings. The first-order valence-corrected chi connectivity index (χ1v) is 4.43. The second-order valence-electron chi connectivity index (χ2n) is 3.07. The fraction of sp³-hybridized carbons (Fsp3) is 0. The van der Waals surface area contributed by atoms with Crippen LogP contribution in [0, 0.1) is 0 Å². The van der Waals surface area contributed by atoms with Crippen molar-refractivity contribution < 1.29 is 9.90 Å². The second-order valence-corrected chi connectivity index (χ2v) is 3.07. The van der Waals surface area contributed by atoms with Crippen molar-refractivity contribution in [1.82, 2.24) is 10.5 Å². The van der Waals surface area contributed by atoms with Crippen molar-refractivity contribution >= 4 is 17.6 Å². The van der Waals surface area contributed by atoms with E-state index < -0.39 is 5.91 Å². The Bertz CT molecular complexity index is 459. The minimum atomic E-state index is -0.602. The van der Waals surface area contributed by atoms with E-state index in [1.165, 1.54) is 18.2 Å². The van der Waals surface area contributed by atoms with Gasteiger partial charge >= 0.3 is 0 Å². The number of aromatic hydroxyl groups is 1. The number of guanidine groups is 1. The summed E-state index contributed by atoms with van der Waals surface area (Å²) < 4.78 is 0. The van der Waals surface area contributed by atoms with Gasteiger partial charge in [-0.05, 0) is 18.2 Å². The zero-order valence-corrected chi connectivity index (χ0v) is 8.79. The average molecular weight is 239 g/mol. The number of phenols is 1. The van der Waals surface area contributed by atoms with Crippen molar-refractivity contribution in [3.8, 4) is 5.75 Å². The van der Waals surface area contributed by atoms with E-state index in [9.17, 15) is 9.90 Å². The fourth-order valence-corrected chi connectivity index (χ4v) is 0.978. The third kappa shape index (κ3) is 2.89. The van der Waals surface area contributed by atoms with Crippen molar-refractivity contribution in [3.05, 3.63) is 23.8 Å². The van der Waals surface area contributed by atoms with Gasteiger partial charge in [-0.25, -0.2) is 11.3 Å². The Labute approximate surface area is 96.6 Å². The molecule has 0 aliphatic rings. The predicted octanol–water partition coefficient (Wildman–Crippen LogP) is -2.02. The summed E-state index contributed by atoms with van der Waals surface area (Å²) in [6, 6.07) is 3.98. The highest BCUT2D eigenvalue weighted by Gasteiger charge is 2.11. The van der Waals surface area contributed by atoms with E-state index in [1.54, 1.807) is 0 Å². The van der Waals surface area contributed by atoms with Crippen LogP contribution in [0.25, 0.3) is 0 Å². The van der Waals surface area contributed by atoms with Crippen LogP contribution < -0.4 is 28.6 Å². The van der Waals surface area contributed by atoms with Crippen molar-refractivity contribution in [3.63, 3.8) is 0 Å². The van der Waals surface area contributed by atoms with Gasteiger partial charge in [-0.15, -0.1) is 5.10 Å². The quantitative estimate of drug-likeness (QED) is 0.0820. The molecule has 0 saturated heterocycles. The third-order valence-electron chi connectivity index (χ3n) is 1.89. The maximum Gasteiger partial charge on any atom is 0.271 e. The van der Waals surface area contributed by atoms with Crippen LogP contribution in [0.5, 0.6) is 5.75 Å². The lowest BCUT2D eigenvalue weighted by atomic mass is 10.2. The molecule has 1 rings (SSSR count). The molecule has 1 amide bonds. The van der Waals surface area contributed by atoms with Gasteiger partial charge in [0.2, 0.25) is 5.96 Å². The van der Waals surface area contributed by atoms with Crippen LogP contribution >= 0.6 is 0 Å². The predicted molar refractivity (Wildman–Crippen MR) is 61.8 cm³/mol. The molecule has 1 aromatic rings. The van der Waals surface area contributed by atoms with Gasteiger partial charge in [0.1, 0.15) is 5.75 Å². The van der Waals surface area contributed by atoms with Gasteiger partial charge in [0, 0.05) is 5.56 Å². The lowest BCUT2D eigenvalue weighted by molar-refractivity contribution is 0.0869. The number of carbonyl (C=O) groups is 1. The van der Waals surface area contributed by atoms with E-state index in [2.05, 4.69) is 10.5 Å². The summed E-state index contributed by atoms with van der Waals surface area (Å²) in [6.45, 7) is 0. The van der Waals surface area contributed by atoms with E-state index in [0.717, 1.165) is 0 Å². The molecular weight excluding hydrogens is 226 g/mol. The first-order chi connectivity index (χ1) is 7.95. The van der Waals surface area contributed by atoms with Crippen LogP contribution in [0.3, 0.4) is 0 Å². The van der Waals surface area contributed by atoms with Gasteiger partial charge in [0.05, 0.1) is 5.69 Å². The number of nitrogen functional groups attached to an aromatic ring is 1. The van der Waals surface area contributed by atoms with Crippen LogP contribution in [0.1, 0.15) is 10.4 Å². The number of hydrazine groups is 2. The Hall–Kier alpha value is -2.68. The number of hydrazone groups is 1. The molecule has 9 heteroatoms. The topological polar surface area (TPSA) is 169 Å². The van der Waals surface area contributed by atoms with E-state index in [4.69, 9.17) is 23.2 Å². The Morgan fingerprint density at radius 1 is 1.47 bits per heavy atom. The molecule has 9 nitrogen and oxygen atoms in total. The molecule has 0 heterocycles. The number of hydrogen-bond donors (Lipinski definition) is 6. The molecule has 17 heavy (non-hydrogen) atoms. The van der Waals surface area contributed by atoms with Crippen LogP contribution in [0.4, 0.5) is 5.69 Å². The number of phenolic OH excluding ortho intramolecular Hbond substituents is 1. The fourth-order valence-electron chi connectivity index (χ4n) is 0.978. The number of carbonyl (C=O) groups excluding carboxylic acids is 1. The van der Waals surface area contributed by atoms with E-state index in [-0.39, 0.29) is 23.0 Å². The smallest absolute Gasteiger partial charge is 0.271 e. The minimum Gasteiger partial charge on any atom is -0.506 e. The molecular formula is C8H13N7O2. The first-order valence-electron chi connectivity index (χ1n) is 4.43. The number of amides is 1. The van der Waals surface area contributed by atoms with Gasteiger partial charge in [-0.2, -0.15) is 5.12 Å². The summed E-state index contributed by atoms with van der Waals surface area (Å²) >= 11 is 0. The van der Waals surface area contributed by atoms with E-state index >= 15 is 0 Å². The van der Waals surface area contributed by atoms with Crippen LogP contribution in [-0.4, -0.2) is 22.1 Å². The second kappa shape index (κ2) is 4.90. The van der Waals surface area contributed by atoms with Crippen LogP contribution in [0.2, 0.25) is 0 Å². The molecule has 0 unspecified atom stereocenters. The monoisotopic (exact) mass is 239 g/mol. The highest BCUT2D eigenvalue weighted by atomic mass is 16.3. The summed E-state index contributed by atoms with van der Waals surface area (Å²) in [7, 11) is 0. The maximum absolute atomic E-state index is 11.6. The SMILES string of the molecule is N/N=C(\N)N(N)NC(=O)c1ccc(N)c(O)c1. The van der Waals surface area contributed by atoms with Gasteiger partial charge in [-0.3, -0.25) is 4.79 Å². The normalized spacial score (nSPS) is 11.0. The maximum atomic E-state index is 11.6. The molecule has 1 aromatic carbocycles. The number of nitrogens with one attached hydrogen (secondary N) is 1. The Morgan fingerprint density at radius 2 is 2.12 bits per heavy atom. The summed E-state index contributed by atoms with van der Waals surface area (Å²) in [4.78, 5) is 11.6. The molecule has 0 saturated carbocycles. The first kappa shape index (κ1) is 12.4. The highest BCUT2D eigenvalue weighted by molar-refractivity contribution is 5.96. The molecule has 0 aromatic heterocycles. The molecule has 0 atom stereocenters. The largest absolute Gasteiger partial charge is 0.506 e. The lowest BCUT2D eigenvalue weighted by Gasteiger charge is -2.17. The molecule has 0 radical (unpaired) electrons. The van der Waals surface area contributed by atoms with Crippen LogP contribution in [-0.2, 0) is 0 Å². The summed E-state index contributed by atoms with van der Waals surface area (Å²) in [5.74, 6) is 9.09. The van der Waals surface area contributed by atoms with Crippen molar-refractivity contribution in [2.24, 2.45) is 22.5 Å². The van der Waals surface area contributed by atoms with Crippen molar-refractivity contribution in [1.29, 1.82) is 0 Å². The van der Waals surface area contributed by atoms with Crippen molar-refractivity contribution in [2.45, 2.75) is 0 Å². The van der Waals surface area contributed by atoms with Gasteiger partial charge in [-0.1, -0.05) is 0 Å². The number of nitrogens with zero attached hydrogens (tertiary/aromatic N) is 2. The molecule has 0 spiro atoms. The minimum absolute atomic E-state index is 0.150. The summed E-state index contributed by atoms with van der Waals surface area (Å²) in [5, 5.41) is 13.0. The van der Waals surface area contributed by atoms with E-state index in [0.29, 0.717) is 5.12 Å². The Kier molecular flexibility index (Phi) is 3.57. The number of rotatable bonds is 1. The standard InChI is InChI=1S/C8H13N7O2/c9-5-2-1-4(3-6(5)16)7(17)14-15(12)8(10)13-11/h1-3,16H,9,11-12H2,(H2,10,13)(H,14,17). The van der Waals surface area contributed by atoms with Gasteiger partial charge in [0.25, 0.3) is 5.91 Å². The van der Waals surface area contributed by atoms with Crippen molar-refractivity contribution in [2.75, 3.05) is 5.73 Å². The van der Waals surface area contributed by atoms with Crippen LogP contribution in [0.15, 0.2) is 23.3 Å². The molecule has 92 valence electrons.